The number of hydrogen-bond donors (Lipinski definition) is 3. The molecule has 0 aliphatic carbocycles. The van der Waals surface area contributed by atoms with Crippen LogP contribution in [0.25, 0.3) is 0 Å². The van der Waals surface area contributed by atoms with Crippen LogP contribution in [-0.4, -0.2) is 48.7 Å². The Morgan fingerprint density at radius 3 is 2.45 bits per heavy atom. The van der Waals surface area contributed by atoms with Gasteiger partial charge in [-0.3, -0.25) is 14.6 Å². The summed E-state index contributed by atoms with van der Waals surface area (Å²) in [5.74, 6) is -0.411. The second kappa shape index (κ2) is 8.32. The molecule has 0 bridgehead atoms. The van der Waals surface area contributed by atoms with Gasteiger partial charge >= 0.3 is 6.01 Å². The Bertz CT molecular complexity index is 1110. The van der Waals surface area contributed by atoms with Crippen molar-refractivity contribution in [3.63, 3.8) is 0 Å². The number of aromatic nitrogens is 4. The molecule has 1 aromatic carbocycles. The van der Waals surface area contributed by atoms with Gasteiger partial charge in [0.05, 0.1) is 30.3 Å². The Labute approximate surface area is 170 Å². The third kappa shape index (κ3) is 4.73. The van der Waals surface area contributed by atoms with Gasteiger partial charge in [-0.1, -0.05) is 11.6 Å². The summed E-state index contributed by atoms with van der Waals surface area (Å²) < 4.78 is 37.4. The van der Waals surface area contributed by atoms with E-state index in [1.165, 1.54) is 50.7 Å². The van der Waals surface area contributed by atoms with Crippen LogP contribution in [0.2, 0.25) is 5.02 Å². The van der Waals surface area contributed by atoms with E-state index in [4.69, 9.17) is 21.1 Å². The van der Waals surface area contributed by atoms with Crippen molar-refractivity contribution in [1.29, 1.82) is 0 Å². The average Bonchev–Trinajstić information content (AvgIpc) is 3.13. The number of benzene rings is 1. The highest BCUT2D eigenvalue weighted by Gasteiger charge is 2.18. The number of nitrogens with one attached hydrogen (secondary N) is 3. The van der Waals surface area contributed by atoms with Crippen LogP contribution in [0.4, 0.5) is 11.5 Å². The van der Waals surface area contributed by atoms with E-state index in [0.29, 0.717) is 5.69 Å². The van der Waals surface area contributed by atoms with E-state index in [1.54, 1.807) is 0 Å². The standard InChI is InChI=1S/C16H15ClN6O5S/c1-27-13-7-12(20-16(21-13)28-2)23-29(25,26)10-5-3-9(4-6-10)19-15(24)14-11(17)8-18-22-14/h3-8H,1-2H3,(H,18,22)(H,19,24)(H,20,21,23). The molecule has 2 aromatic heterocycles. The lowest BCUT2D eigenvalue weighted by atomic mass is 10.3. The molecule has 0 atom stereocenters. The lowest BCUT2D eigenvalue weighted by molar-refractivity contribution is 0.102. The quantitative estimate of drug-likeness (QED) is 0.506. The zero-order valence-electron chi connectivity index (χ0n) is 15.1. The van der Waals surface area contributed by atoms with Crippen molar-refractivity contribution >= 4 is 39.0 Å². The van der Waals surface area contributed by atoms with E-state index < -0.39 is 15.9 Å². The molecule has 3 N–H and O–H groups in total. The summed E-state index contributed by atoms with van der Waals surface area (Å²) in [5, 5.41) is 8.88. The molecule has 2 heterocycles. The van der Waals surface area contributed by atoms with Gasteiger partial charge in [-0.25, -0.2) is 8.42 Å². The van der Waals surface area contributed by atoms with Gasteiger partial charge in [0, 0.05) is 11.8 Å². The number of halogens is 1. The molecule has 0 aliphatic rings. The van der Waals surface area contributed by atoms with Crippen LogP contribution in [0.1, 0.15) is 10.5 Å². The van der Waals surface area contributed by atoms with Gasteiger partial charge in [-0.2, -0.15) is 15.1 Å². The van der Waals surface area contributed by atoms with Gasteiger partial charge in [-0.15, -0.1) is 0 Å². The van der Waals surface area contributed by atoms with Crippen molar-refractivity contribution in [2.24, 2.45) is 0 Å². The second-order valence-corrected chi connectivity index (χ2v) is 7.55. The molecule has 11 nitrogen and oxygen atoms in total. The minimum Gasteiger partial charge on any atom is -0.481 e. The first-order valence-electron chi connectivity index (χ1n) is 7.92. The Hall–Kier alpha value is -3.38. The molecule has 0 radical (unpaired) electrons. The summed E-state index contributed by atoms with van der Waals surface area (Å²) in [6.07, 6.45) is 1.30. The minimum absolute atomic E-state index is 0.0278. The lowest BCUT2D eigenvalue weighted by Gasteiger charge is -2.10. The number of hydrogen-bond acceptors (Lipinski definition) is 8. The highest BCUT2D eigenvalue weighted by atomic mass is 35.5. The van der Waals surface area contributed by atoms with Crippen molar-refractivity contribution in [1.82, 2.24) is 20.2 Å². The van der Waals surface area contributed by atoms with E-state index in [-0.39, 0.29) is 33.3 Å². The van der Waals surface area contributed by atoms with Crippen LogP contribution >= 0.6 is 11.6 Å². The largest absolute Gasteiger partial charge is 0.481 e. The molecule has 29 heavy (non-hydrogen) atoms. The van der Waals surface area contributed by atoms with Crippen molar-refractivity contribution in [3.8, 4) is 11.9 Å². The predicted octanol–water partition coefficient (Wildman–Crippen LogP) is 1.92. The summed E-state index contributed by atoms with van der Waals surface area (Å²) >= 11 is 5.84. The zero-order chi connectivity index (χ0) is 21.0. The maximum atomic E-state index is 12.6. The van der Waals surface area contributed by atoms with E-state index in [2.05, 4.69) is 30.2 Å². The molecular weight excluding hydrogens is 424 g/mol. The predicted molar refractivity (Wildman–Crippen MR) is 104 cm³/mol. The SMILES string of the molecule is COc1cc(NS(=O)(=O)c2ccc(NC(=O)c3[nH]ncc3Cl)cc2)nc(OC)n1. The van der Waals surface area contributed by atoms with Crippen LogP contribution in [0, 0.1) is 0 Å². The number of carbonyl (C=O) groups excluding carboxylic acids is 1. The highest BCUT2D eigenvalue weighted by molar-refractivity contribution is 7.92. The molecule has 1 amide bonds. The summed E-state index contributed by atoms with van der Waals surface area (Å²) in [6.45, 7) is 0. The molecule has 0 fully saturated rings. The third-order valence-electron chi connectivity index (χ3n) is 3.56. The number of sulfonamides is 1. The fourth-order valence-corrected chi connectivity index (χ4v) is 3.36. The van der Waals surface area contributed by atoms with Crippen molar-refractivity contribution in [2.45, 2.75) is 4.90 Å². The lowest BCUT2D eigenvalue weighted by Crippen LogP contribution is -2.15. The summed E-state index contributed by atoms with van der Waals surface area (Å²) in [6, 6.07) is 6.75. The van der Waals surface area contributed by atoms with Crippen LogP contribution in [-0.2, 0) is 10.0 Å². The smallest absolute Gasteiger partial charge is 0.321 e. The Kier molecular flexibility index (Phi) is 5.84. The Balaban J connectivity index is 1.76. The van der Waals surface area contributed by atoms with Crippen molar-refractivity contribution in [2.75, 3.05) is 24.3 Å². The number of amides is 1. The molecule has 0 saturated heterocycles. The van der Waals surface area contributed by atoms with E-state index in [9.17, 15) is 13.2 Å². The van der Waals surface area contributed by atoms with Gasteiger partial charge in [0.25, 0.3) is 15.9 Å². The molecule has 152 valence electrons. The Morgan fingerprint density at radius 1 is 1.14 bits per heavy atom. The highest BCUT2D eigenvalue weighted by Crippen LogP contribution is 2.22. The number of nitrogens with zero attached hydrogens (tertiary/aromatic N) is 3. The fourth-order valence-electron chi connectivity index (χ4n) is 2.19. The maximum Gasteiger partial charge on any atom is 0.321 e. The number of ether oxygens (including phenoxy) is 2. The molecule has 0 saturated carbocycles. The zero-order valence-corrected chi connectivity index (χ0v) is 16.7. The number of methoxy groups -OCH3 is 2. The molecule has 0 aliphatic heterocycles. The monoisotopic (exact) mass is 438 g/mol. The van der Waals surface area contributed by atoms with E-state index in [0.717, 1.165) is 0 Å². The molecular formula is C16H15ClN6O5S. The Morgan fingerprint density at radius 2 is 1.86 bits per heavy atom. The first kappa shape index (κ1) is 20.4. The molecule has 0 unspecified atom stereocenters. The molecule has 0 spiro atoms. The third-order valence-corrected chi connectivity index (χ3v) is 5.21. The van der Waals surface area contributed by atoms with Crippen LogP contribution in [0.5, 0.6) is 11.9 Å². The normalized spacial score (nSPS) is 11.0. The van der Waals surface area contributed by atoms with Gasteiger partial charge < -0.3 is 14.8 Å². The van der Waals surface area contributed by atoms with E-state index >= 15 is 0 Å². The van der Waals surface area contributed by atoms with Crippen LogP contribution < -0.4 is 19.5 Å². The van der Waals surface area contributed by atoms with Gasteiger partial charge in [-0.05, 0) is 24.3 Å². The van der Waals surface area contributed by atoms with Gasteiger partial charge in [0.15, 0.2) is 5.82 Å². The maximum absolute atomic E-state index is 12.6. The first-order valence-corrected chi connectivity index (χ1v) is 9.78. The topological polar surface area (TPSA) is 148 Å². The van der Waals surface area contributed by atoms with Gasteiger partial charge in [0.1, 0.15) is 5.69 Å². The summed E-state index contributed by atoms with van der Waals surface area (Å²) in [7, 11) is -1.24. The first-order chi connectivity index (χ1) is 13.8. The number of carbonyl (C=O) groups is 1. The number of H-pyrrole nitrogens is 1. The van der Waals surface area contributed by atoms with E-state index in [1.807, 2.05) is 0 Å². The van der Waals surface area contributed by atoms with Crippen LogP contribution in [0.15, 0.2) is 41.4 Å². The van der Waals surface area contributed by atoms with Gasteiger partial charge in [0.2, 0.25) is 5.88 Å². The minimum atomic E-state index is -3.96. The number of aromatic amines is 1. The average molecular weight is 439 g/mol. The van der Waals surface area contributed by atoms with Crippen molar-refractivity contribution < 1.29 is 22.7 Å². The number of anilines is 2. The van der Waals surface area contributed by atoms with Crippen molar-refractivity contribution in [3.05, 3.63) is 47.2 Å². The summed E-state index contributed by atoms with van der Waals surface area (Å²) in [5.41, 5.74) is 0.460. The van der Waals surface area contributed by atoms with Crippen LogP contribution in [0.3, 0.4) is 0 Å². The number of rotatable bonds is 7. The second-order valence-electron chi connectivity index (χ2n) is 5.46. The molecule has 3 aromatic rings. The molecule has 13 heteroatoms. The fraction of sp³-hybridized carbons (Fsp3) is 0.125. The summed E-state index contributed by atoms with van der Waals surface area (Å²) in [4.78, 5) is 19.9. The molecule has 3 rings (SSSR count).